The molecular weight excluding hydrogens is 335 g/mol. The van der Waals surface area contributed by atoms with Crippen LogP contribution in [0.2, 0.25) is 0 Å². The largest absolute Gasteiger partial charge is 0.366 e. The standard InChI is InChI=1S/C15H12N2.HI/c1-17-8-12-4-2-10-6-16-7-11-3-5-13(9-17)15(12)14(10)11;/h2-9,16H,1H3;1H. The van der Waals surface area contributed by atoms with Crippen molar-refractivity contribution in [2.45, 2.75) is 0 Å². The summed E-state index contributed by atoms with van der Waals surface area (Å²) in [6, 6.07) is 8.75. The van der Waals surface area contributed by atoms with Crippen LogP contribution in [0.25, 0.3) is 35.6 Å². The van der Waals surface area contributed by atoms with Gasteiger partial charge >= 0.3 is 0 Å². The smallest absolute Gasteiger partial charge is 0.0110 e. The monoisotopic (exact) mass is 348 g/mol. The fourth-order valence-corrected chi connectivity index (χ4v) is 2.76. The van der Waals surface area contributed by atoms with Gasteiger partial charge in [-0.05, 0) is 20.9 Å². The third-order valence-corrected chi connectivity index (χ3v) is 3.45. The molecule has 2 heterocycles. The molecule has 0 saturated carbocycles. The number of hydrogen-bond acceptors (Lipinski definition) is 2. The lowest BCUT2D eigenvalue weighted by molar-refractivity contribution is 0.734. The molecule has 0 saturated heterocycles. The molecule has 0 aliphatic carbocycles. The van der Waals surface area contributed by atoms with Crippen molar-refractivity contribution in [2.24, 2.45) is 0 Å². The van der Waals surface area contributed by atoms with Gasteiger partial charge in [0, 0.05) is 42.6 Å². The number of rotatable bonds is 0. The Hall–Kier alpha value is -1.49. The third kappa shape index (κ3) is 1.47. The van der Waals surface area contributed by atoms with Gasteiger partial charge in [-0.15, -0.1) is 24.0 Å². The van der Waals surface area contributed by atoms with Crippen LogP contribution in [0, 0.1) is 0 Å². The van der Waals surface area contributed by atoms with Crippen LogP contribution in [0.4, 0.5) is 0 Å². The molecule has 2 aromatic carbocycles. The van der Waals surface area contributed by atoms with Gasteiger partial charge in [0.05, 0.1) is 0 Å². The van der Waals surface area contributed by atoms with Crippen LogP contribution in [0.15, 0.2) is 24.3 Å². The lowest BCUT2D eigenvalue weighted by Gasteiger charge is -2.15. The summed E-state index contributed by atoms with van der Waals surface area (Å²) in [4.78, 5) is 2.12. The molecule has 2 aliphatic heterocycles. The maximum absolute atomic E-state index is 3.20. The minimum absolute atomic E-state index is 0. The molecule has 0 bridgehead atoms. The molecule has 0 unspecified atom stereocenters. The first-order valence-electron chi connectivity index (χ1n) is 5.77. The number of benzene rings is 2. The molecule has 4 rings (SSSR count). The molecule has 2 aliphatic rings. The Bertz CT molecular complexity index is 813. The molecular formula is C15H13IN2. The van der Waals surface area contributed by atoms with Gasteiger partial charge in [-0.25, -0.2) is 0 Å². The van der Waals surface area contributed by atoms with Crippen molar-refractivity contribution in [1.29, 1.82) is 0 Å². The Labute approximate surface area is 122 Å². The van der Waals surface area contributed by atoms with E-state index >= 15 is 0 Å². The number of nitrogens with zero attached hydrogens (tertiary/aromatic N) is 1. The molecule has 90 valence electrons. The second-order valence-corrected chi connectivity index (χ2v) is 4.62. The van der Waals surface area contributed by atoms with Gasteiger partial charge in [0.25, 0.3) is 0 Å². The third-order valence-electron chi connectivity index (χ3n) is 3.45. The normalized spacial score (nSPS) is 14.4. The molecule has 18 heavy (non-hydrogen) atoms. The van der Waals surface area contributed by atoms with Gasteiger partial charge in [0.2, 0.25) is 0 Å². The Morgan fingerprint density at radius 3 is 1.78 bits per heavy atom. The summed E-state index contributed by atoms with van der Waals surface area (Å²) >= 11 is 0. The first-order valence-corrected chi connectivity index (χ1v) is 5.77. The van der Waals surface area contributed by atoms with Gasteiger partial charge < -0.3 is 10.2 Å². The Kier molecular flexibility index (Phi) is 2.59. The first-order chi connectivity index (χ1) is 8.33. The lowest BCUT2D eigenvalue weighted by Crippen LogP contribution is -2.33. The molecule has 1 N–H and O–H groups in total. The Morgan fingerprint density at radius 2 is 1.22 bits per heavy atom. The molecule has 0 aromatic heterocycles. The number of hydrogen-bond donors (Lipinski definition) is 1. The average Bonchev–Trinajstić information content (AvgIpc) is 2.35. The highest BCUT2D eigenvalue weighted by Gasteiger charge is 2.06. The van der Waals surface area contributed by atoms with Crippen molar-refractivity contribution < 1.29 is 0 Å². The Balaban J connectivity index is 0.000001000. The topological polar surface area (TPSA) is 15.3 Å². The highest BCUT2D eigenvalue weighted by atomic mass is 127. The van der Waals surface area contributed by atoms with E-state index < -0.39 is 0 Å². The van der Waals surface area contributed by atoms with Crippen molar-refractivity contribution >= 4 is 59.5 Å². The fourth-order valence-electron chi connectivity index (χ4n) is 2.76. The minimum atomic E-state index is 0. The van der Waals surface area contributed by atoms with Crippen molar-refractivity contribution in [2.75, 3.05) is 7.05 Å². The van der Waals surface area contributed by atoms with Gasteiger partial charge in [-0.1, -0.05) is 24.3 Å². The van der Waals surface area contributed by atoms with E-state index in [-0.39, 0.29) is 24.0 Å². The van der Waals surface area contributed by atoms with E-state index in [4.69, 9.17) is 0 Å². The molecule has 2 aromatic rings. The molecule has 0 atom stereocenters. The van der Waals surface area contributed by atoms with Crippen molar-refractivity contribution in [3.8, 4) is 0 Å². The minimum Gasteiger partial charge on any atom is -0.366 e. The lowest BCUT2D eigenvalue weighted by atomic mass is 10.0. The Morgan fingerprint density at radius 1 is 0.778 bits per heavy atom. The highest BCUT2D eigenvalue weighted by Crippen LogP contribution is 2.01. The summed E-state index contributed by atoms with van der Waals surface area (Å²) in [6.07, 6.45) is 8.48. The van der Waals surface area contributed by atoms with E-state index in [9.17, 15) is 0 Å². The van der Waals surface area contributed by atoms with Crippen molar-refractivity contribution in [3.05, 3.63) is 45.1 Å². The maximum Gasteiger partial charge on any atom is 0.0110 e. The molecule has 0 fully saturated rings. The van der Waals surface area contributed by atoms with E-state index in [1.165, 1.54) is 31.6 Å². The SMILES string of the molecule is CN1C=c2ccc3c4c(ccc(c24)=C1)=CNC=3.I. The molecule has 0 spiro atoms. The van der Waals surface area contributed by atoms with Crippen LogP contribution in [-0.4, -0.2) is 11.9 Å². The van der Waals surface area contributed by atoms with Crippen LogP contribution in [-0.2, 0) is 0 Å². The number of nitrogens with one attached hydrogen (secondary N) is 1. The van der Waals surface area contributed by atoms with Crippen molar-refractivity contribution in [3.63, 3.8) is 0 Å². The summed E-state index contributed by atoms with van der Waals surface area (Å²) < 4.78 is 0. The van der Waals surface area contributed by atoms with Gasteiger partial charge in [-0.3, -0.25) is 0 Å². The molecule has 3 heteroatoms. The predicted octanol–water partition coefficient (Wildman–Crippen LogP) is -0.0416. The highest BCUT2D eigenvalue weighted by molar-refractivity contribution is 14.0. The van der Waals surface area contributed by atoms with Crippen LogP contribution < -0.4 is 26.2 Å². The summed E-state index contributed by atoms with van der Waals surface area (Å²) in [5.41, 5.74) is 0. The quantitative estimate of drug-likeness (QED) is 0.673. The van der Waals surface area contributed by atoms with E-state index in [1.54, 1.807) is 0 Å². The summed E-state index contributed by atoms with van der Waals surface area (Å²) in [5, 5.41) is 11.1. The zero-order chi connectivity index (χ0) is 11.4. The zero-order valence-electron chi connectivity index (χ0n) is 9.97. The predicted molar refractivity (Wildman–Crippen MR) is 86.6 cm³/mol. The van der Waals surface area contributed by atoms with E-state index in [1.807, 2.05) is 0 Å². The van der Waals surface area contributed by atoms with E-state index in [0.29, 0.717) is 0 Å². The second kappa shape index (κ2) is 4.02. The number of halogens is 1. The molecule has 0 amide bonds. The van der Waals surface area contributed by atoms with Crippen LogP contribution in [0.5, 0.6) is 0 Å². The van der Waals surface area contributed by atoms with E-state index in [0.717, 1.165) is 0 Å². The van der Waals surface area contributed by atoms with E-state index in [2.05, 4.69) is 66.3 Å². The summed E-state index contributed by atoms with van der Waals surface area (Å²) in [5.74, 6) is 0. The molecule has 0 radical (unpaired) electrons. The van der Waals surface area contributed by atoms with Gasteiger partial charge in [0.15, 0.2) is 0 Å². The van der Waals surface area contributed by atoms with Gasteiger partial charge in [-0.2, -0.15) is 0 Å². The van der Waals surface area contributed by atoms with Crippen LogP contribution in [0.1, 0.15) is 0 Å². The van der Waals surface area contributed by atoms with Crippen molar-refractivity contribution in [1.82, 2.24) is 10.2 Å². The molecule has 2 nitrogen and oxygen atoms in total. The maximum atomic E-state index is 3.20. The fraction of sp³-hybridized carbons (Fsp3) is 0.0667. The summed E-state index contributed by atoms with van der Waals surface area (Å²) in [6.45, 7) is 0. The van der Waals surface area contributed by atoms with Crippen LogP contribution in [0.3, 0.4) is 0 Å². The summed E-state index contributed by atoms with van der Waals surface area (Å²) in [7, 11) is 2.07. The first kappa shape index (κ1) is 11.6. The average molecular weight is 348 g/mol. The van der Waals surface area contributed by atoms with Crippen LogP contribution >= 0.6 is 24.0 Å². The second-order valence-electron chi connectivity index (χ2n) is 4.62. The van der Waals surface area contributed by atoms with Gasteiger partial charge in [0.1, 0.15) is 0 Å². The zero-order valence-corrected chi connectivity index (χ0v) is 12.3.